The summed E-state index contributed by atoms with van der Waals surface area (Å²) in [5.74, 6) is 0.633. The molecule has 2 aliphatic heterocycles. The predicted molar refractivity (Wildman–Crippen MR) is 107 cm³/mol. The summed E-state index contributed by atoms with van der Waals surface area (Å²) in [7, 11) is 0. The lowest BCUT2D eigenvalue weighted by molar-refractivity contribution is -0.142. The van der Waals surface area contributed by atoms with Crippen molar-refractivity contribution < 1.29 is 18.7 Å². The summed E-state index contributed by atoms with van der Waals surface area (Å²) in [6.45, 7) is 3.94. The van der Waals surface area contributed by atoms with E-state index >= 15 is 0 Å². The predicted octanol–water partition coefficient (Wildman–Crippen LogP) is 2.88. The monoisotopic (exact) mass is 399 g/mol. The number of amides is 1. The average molecular weight is 399 g/mol. The number of anilines is 1. The van der Waals surface area contributed by atoms with Gasteiger partial charge in [-0.3, -0.25) is 4.79 Å². The molecular formula is C22H26FN3O3. The van der Waals surface area contributed by atoms with E-state index in [4.69, 9.17) is 14.5 Å². The van der Waals surface area contributed by atoms with E-state index < -0.39 is 0 Å². The van der Waals surface area contributed by atoms with Gasteiger partial charge in [0.25, 0.3) is 5.91 Å². The topological polar surface area (TPSA) is 54.9 Å². The summed E-state index contributed by atoms with van der Waals surface area (Å²) in [5, 5.41) is 0.888. The van der Waals surface area contributed by atoms with Gasteiger partial charge in [-0.25, -0.2) is 9.37 Å². The third-order valence-electron chi connectivity index (χ3n) is 5.96. The van der Waals surface area contributed by atoms with Crippen molar-refractivity contribution in [1.82, 2.24) is 9.88 Å². The van der Waals surface area contributed by atoms with E-state index in [0.29, 0.717) is 31.9 Å². The van der Waals surface area contributed by atoms with Crippen LogP contribution in [0.4, 0.5) is 10.2 Å². The number of nitrogens with zero attached hydrogens (tertiary/aromatic N) is 3. The molecule has 5 rings (SSSR count). The van der Waals surface area contributed by atoms with E-state index in [1.807, 2.05) is 4.90 Å². The first kappa shape index (κ1) is 18.8. The number of halogens is 1. The van der Waals surface area contributed by atoms with Crippen LogP contribution in [0.5, 0.6) is 0 Å². The molecule has 1 aromatic carbocycles. The number of morpholine rings is 1. The van der Waals surface area contributed by atoms with Gasteiger partial charge in [-0.1, -0.05) is 0 Å². The summed E-state index contributed by atoms with van der Waals surface area (Å²) in [6.07, 6.45) is 3.50. The van der Waals surface area contributed by atoms with Crippen LogP contribution in [0.25, 0.3) is 10.9 Å². The molecule has 7 heteroatoms. The first-order chi connectivity index (χ1) is 14.2. The molecule has 2 saturated heterocycles. The maximum atomic E-state index is 13.8. The highest BCUT2D eigenvalue weighted by atomic mass is 19.1. The van der Waals surface area contributed by atoms with Gasteiger partial charge in [-0.2, -0.15) is 0 Å². The minimum atomic E-state index is -0.315. The molecule has 6 nitrogen and oxygen atoms in total. The van der Waals surface area contributed by atoms with Gasteiger partial charge in [0.2, 0.25) is 0 Å². The second-order valence-electron chi connectivity index (χ2n) is 8.11. The Morgan fingerprint density at radius 3 is 2.72 bits per heavy atom. The van der Waals surface area contributed by atoms with Crippen LogP contribution in [0.1, 0.15) is 31.2 Å². The number of fused-ring (bicyclic) bond motifs is 1. The van der Waals surface area contributed by atoms with Crippen molar-refractivity contribution in [3.63, 3.8) is 0 Å². The number of aromatic nitrogens is 1. The number of pyridine rings is 1. The Balaban J connectivity index is 1.51. The van der Waals surface area contributed by atoms with E-state index in [0.717, 1.165) is 55.5 Å². The third-order valence-corrected chi connectivity index (χ3v) is 5.96. The quantitative estimate of drug-likeness (QED) is 0.774. The second-order valence-corrected chi connectivity index (χ2v) is 8.11. The van der Waals surface area contributed by atoms with E-state index in [1.165, 1.54) is 12.1 Å². The number of hydrogen-bond donors (Lipinski definition) is 0. The van der Waals surface area contributed by atoms with E-state index in [9.17, 15) is 9.18 Å². The number of rotatable bonds is 5. The molecule has 0 N–H and O–H groups in total. The number of hydrogen-bond acceptors (Lipinski definition) is 5. The normalized spacial score (nSPS) is 22.2. The Bertz CT molecular complexity index is 906. The summed E-state index contributed by atoms with van der Waals surface area (Å²) in [5.41, 5.74) is 1.64. The molecular weight excluding hydrogens is 373 g/mol. The van der Waals surface area contributed by atoms with Gasteiger partial charge >= 0.3 is 0 Å². The summed E-state index contributed by atoms with van der Waals surface area (Å²) < 4.78 is 24.9. The van der Waals surface area contributed by atoms with Crippen LogP contribution in [-0.4, -0.2) is 60.8 Å². The van der Waals surface area contributed by atoms with Crippen molar-refractivity contribution >= 4 is 22.6 Å². The SMILES string of the molecule is O=C([C@H]1CCCO1)N(Cc1cc2ccc(F)cc2nc1N1CCOCC1)C1CC1. The Hall–Kier alpha value is -2.25. The minimum absolute atomic E-state index is 0.0946. The van der Waals surface area contributed by atoms with E-state index in [1.54, 1.807) is 6.07 Å². The lowest BCUT2D eigenvalue weighted by Crippen LogP contribution is -2.41. The summed E-state index contributed by atoms with van der Waals surface area (Å²) in [4.78, 5) is 22.1. The van der Waals surface area contributed by atoms with Gasteiger partial charge in [0, 0.05) is 49.3 Å². The van der Waals surface area contributed by atoms with Crippen LogP contribution in [0.15, 0.2) is 24.3 Å². The highest BCUT2D eigenvalue weighted by Gasteiger charge is 2.38. The minimum Gasteiger partial charge on any atom is -0.378 e. The summed E-state index contributed by atoms with van der Waals surface area (Å²) in [6, 6.07) is 7.03. The highest BCUT2D eigenvalue weighted by Crippen LogP contribution is 2.33. The van der Waals surface area contributed by atoms with E-state index in [2.05, 4.69) is 11.0 Å². The van der Waals surface area contributed by atoms with Crippen molar-refractivity contribution in [3.05, 3.63) is 35.6 Å². The number of carbonyl (C=O) groups is 1. The fourth-order valence-corrected chi connectivity index (χ4v) is 4.25. The fourth-order valence-electron chi connectivity index (χ4n) is 4.25. The van der Waals surface area contributed by atoms with Gasteiger partial charge in [0.05, 0.1) is 18.7 Å². The van der Waals surface area contributed by atoms with Gasteiger partial charge in [-0.15, -0.1) is 0 Å². The van der Waals surface area contributed by atoms with Gasteiger partial charge in [0.15, 0.2) is 0 Å². The van der Waals surface area contributed by atoms with Gasteiger partial charge < -0.3 is 19.3 Å². The van der Waals surface area contributed by atoms with Crippen LogP contribution >= 0.6 is 0 Å². The highest BCUT2D eigenvalue weighted by molar-refractivity contribution is 5.84. The Kier molecular flexibility index (Phi) is 5.09. The number of ether oxygens (including phenoxy) is 2. The molecule has 0 bridgehead atoms. The fraction of sp³-hybridized carbons (Fsp3) is 0.545. The molecule has 29 heavy (non-hydrogen) atoms. The molecule has 3 aliphatic rings. The molecule has 1 aromatic heterocycles. The molecule has 1 atom stereocenters. The van der Waals surface area contributed by atoms with E-state index in [-0.39, 0.29) is 23.9 Å². The summed E-state index contributed by atoms with van der Waals surface area (Å²) >= 11 is 0. The van der Waals surface area contributed by atoms with Crippen molar-refractivity contribution in [2.24, 2.45) is 0 Å². The maximum Gasteiger partial charge on any atom is 0.252 e. The van der Waals surface area contributed by atoms with Crippen LogP contribution in [0, 0.1) is 5.82 Å². The first-order valence-electron chi connectivity index (χ1n) is 10.5. The van der Waals surface area contributed by atoms with Gasteiger partial charge in [-0.05, 0) is 43.9 Å². The molecule has 3 heterocycles. The zero-order valence-electron chi connectivity index (χ0n) is 16.5. The van der Waals surface area contributed by atoms with Crippen molar-refractivity contribution in [2.45, 2.75) is 44.4 Å². The third kappa shape index (κ3) is 3.94. The smallest absolute Gasteiger partial charge is 0.252 e. The molecule has 1 aliphatic carbocycles. The van der Waals surface area contributed by atoms with Crippen LogP contribution in [0.2, 0.25) is 0 Å². The molecule has 0 unspecified atom stereocenters. The van der Waals surface area contributed by atoms with Crippen LogP contribution in [-0.2, 0) is 20.8 Å². The standard InChI is InChI=1S/C22H26FN3O3/c23-17-4-3-15-12-16(21(24-19(15)13-17)25-7-10-28-11-8-25)14-26(18-5-6-18)22(27)20-2-1-9-29-20/h3-4,12-13,18,20H,1-2,5-11,14H2/t20-/m1/s1. The number of benzene rings is 1. The molecule has 154 valence electrons. The maximum absolute atomic E-state index is 13.8. The van der Waals surface area contributed by atoms with Crippen LogP contribution in [0.3, 0.4) is 0 Å². The molecule has 0 radical (unpaired) electrons. The Morgan fingerprint density at radius 1 is 1.17 bits per heavy atom. The Labute approximate surface area is 169 Å². The zero-order chi connectivity index (χ0) is 19.8. The molecule has 3 fully saturated rings. The lowest BCUT2D eigenvalue weighted by Gasteiger charge is -2.32. The van der Waals surface area contributed by atoms with Crippen molar-refractivity contribution in [2.75, 3.05) is 37.8 Å². The Morgan fingerprint density at radius 2 is 2.00 bits per heavy atom. The van der Waals surface area contributed by atoms with Crippen molar-refractivity contribution in [3.8, 4) is 0 Å². The van der Waals surface area contributed by atoms with Crippen molar-refractivity contribution in [1.29, 1.82) is 0 Å². The van der Waals surface area contributed by atoms with Gasteiger partial charge in [0.1, 0.15) is 17.7 Å². The second kappa shape index (κ2) is 7.88. The van der Waals surface area contributed by atoms with Crippen LogP contribution < -0.4 is 4.90 Å². The molecule has 0 spiro atoms. The zero-order valence-corrected chi connectivity index (χ0v) is 16.5. The largest absolute Gasteiger partial charge is 0.378 e. The average Bonchev–Trinajstić information content (AvgIpc) is 3.44. The number of carbonyl (C=O) groups excluding carboxylic acids is 1. The molecule has 1 amide bonds. The molecule has 1 saturated carbocycles. The first-order valence-corrected chi connectivity index (χ1v) is 10.5. The lowest BCUT2D eigenvalue weighted by atomic mass is 10.1. The molecule has 2 aromatic rings.